The molecule has 8 rings (SSSR count). The molecule has 0 spiro atoms. The molecule has 2 aromatic heterocycles. The molecule has 2 aliphatic rings. The van der Waals surface area contributed by atoms with E-state index in [1.165, 1.54) is 60.7 Å². The Kier molecular flexibility index (Phi) is 11.1. The monoisotopic (exact) mass is 806 g/mol. The van der Waals surface area contributed by atoms with Crippen LogP contribution in [0.4, 0.5) is 8.78 Å². The maximum atomic E-state index is 14.9. The number of aromatic hydroxyl groups is 2. The molecule has 2 atom stereocenters. The summed E-state index contributed by atoms with van der Waals surface area (Å²) in [5.74, 6) is -0.191. The number of ether oxygens (including phenoxy) is 2. The Bertz CT molecular complexity index is 2490. The van der Waals surface area contributed by atoms with E-state index < -0.39 is 18.8 Å². The maximum absolute atomic E-state index is 14.9. The molecule has 0 amide bonds. The number of halogens is 3. The summed E-state index contributed by atoms with van der Waals surface area (Å²) in [7, 11) is -1.46. The molecule has 2 unspecified atom stereocenters. The van der Waals surface area contributed by atoms with Crippen LogP contribution in [-0.2, 0) is 13.2 Å². The van der Waals surface area contributed by atoms with Crippen LogP contribution in [0.3, 0.4) is 0 Å². The van der Waals surface area contributed by atoms with E-state index in [0.717, 1.165) is 0 Å². The third kappa shape index (κ3) is 7.18. The normalized spacial score (nSPS) is 15.4. The second-order valence-corrected chi connectivity index (χ2v) is 13.6. The summed E-state index contributed by atoms with van der Waals surface area (Å²) in [6.07, 6.45) is 0. The van der Waals surface area contributed by atoms with Gasteiger partial charge in [-0.05, 0) is 88.3 Å². The van der Waals surface area contributed by atoms with E-state index in [0.29, 0.717) is 56.3 Å². The first-order valence-corrected chi connectivity index (χ1v) is 17.4. The third-order valence-corrected chi connectivity index (χ3v) is 9.85. The van der Waals surface area contributed by atoms with Crippen LogP contribution in [0.25, 0.3) is 32.9 Å². The number of benzene rings is 4. The first kappa shape index (κ1) is 38.5. The highest BCUT2D eigenvalue weighted by atomic mass is 79.9. The predicted octanol–water partition coefficient (Wildman–Crippen LogP) is 4.38. The van der Waals surface area contributed by atoms with E-state index in [9.17, 15) is 33.7 Å². The van der Waals surface area contributed by atoms with Gasteiger partial charge in [-0.3, -0.25) is 18.7 Å². The molecule has 54 heavy (non-hydrogen) atoms. The molecule has 16 heteroatoms. The minimum absolute atomic E-state index is 0.0765. The van der Waals surface area contributed by atoms with Gasteiger partial charge in [-0.1, -0.05) is 24.3 Å². The lowest BCUT2D eigenvalue weighted by atomic mass is 9.80. The third-order valence-electron chi connectivity index (χ3n) is 9.11. The second kappa shape index (κ2) is 15.6. The van der Waals surface area contributed by atoms with Crippen LogP contribution >= 0.6 is 15.9 Å². The van der Waals surface area contributed by atoms with Crippen molar-refractivity contribution >= 4 is 50.3 Å². The first-order valence-electron chi connectivity index (χ1n) is 16.6. The number of phenols is 2. The molecule has 0 saturated heterocycles. The van der Waals surface area contributed by atoms with Crippen LogP contribution in [0.1, 0.15) is 37.1 Å². The van der Waals surface area contributed by atoms with Crippen LogP contribution in [0.2, 0.25) is 0 Å². The van der Waals surface area contributed by atoms with Crippen molar-refractivity contribution in [3.63, 3.8) is 0 Å². The largest absolute Gasteiger partial charge is 0.508 e. The maximum Gasteiger partial charge on any atom is 0.488 e. The summed E-state index contributed by atoms with van der Waals surface area (Å²) in [5.41, 5.74) is 2.47. The van der Waals surface area contributed by atoms with Gasteiger partial charge in [0.2, 0.25) is 0 Å². The molecule has 12 nitrogen and oxygen atoms in total. The summed E-state index contributed by atoms with van der Waals surface area (Å²) < 4.78 is 43.5. The number of rotatable bonds is 4. The van der Waals surface area contributed by atoms with Crippen molar-refractivity contribution in [1.82, 2.24) is 9.13 Å². The fourth-order valence-corrected chi connectivity index (χ4v) is 6.92. The number of aliphatic hydroxyl groups excluding tert-OH is 2. The summed E-state index contributed by atoms with van der Waals surface area (Å²) in [5, 5.41) is 55.3. The zero-order valence-electron chi connectivity index (χ0n) is 28.8. The summed E-state index contributed by atoms with van der Waals surface area (Å²) in [4.78, 5) is 24.6. The van der Waals surface area contributed by atoms with E-state index in [2.05, 4.69) is 15.9 Å². The fourth-order valence-electron chi connectivity index (χ4n) is 6.50. The molecule has 2 aliphatic heterocycles. The minimum Gasteiger partial charge on any atom is -0.508 e. The topological polar surface area (TPSA) is 184 Å². The van der Waals surface area contributed by atoms with Crippen molar-refractivity contribution < 1.29 is 48.7 Å². The van der Waals surface area contributed by atoms with E-state index in [-0.39, 0.29) is 70.3 Å². The number of aromatic nitrogens is 2. The number of pyridine rings is 2. The standard InChI is InChI=1S/C19H16FNO4.C13H11BrFNO3.C6H7BO3/c1-10-9-25-19-17(11-2-4-13(23)5-3-11)15(20)7-14-12(8-22)6-16(24)21(10)18(14)19;1-6-5-19-13-11(14)9(15)3-8-7(4-17)2-10(18)16(6)12(8)13;8-6-3-1-5(2-4-6)7(9)10/h2-7,10,22-23H,8-9H2,1H3;2-3,6,17H,4-5H2,1H3;1-4,8-10H. The van der Waals surface area contributed by atoms with E-state index in [1.807, 2.05) is 13.8 Å². The summed E-state index contributed by atoms with van der Waals surface area (Å²) in [6, 6.07) is 16.8. The molecule has 0 saturated carbocycles. The van der Waals surface area contributed by atoms with Gasteiger partial charge in [-0.2, -0.15) is 0 Å². The molecular weight excluding hydrogens is 773 g/mol. The highest BCUT2D eigenvalue weighted by Crippen LogP contribution is 2.43. The van der Waals surface area contributed by atoms with Crippen LogP contribution in [0.15, 0.2) is 86.9 Å². The Hall–Kier alpha value is -5.26. The fraction of sp³-hybridized carbons (Fsp3) is 0.211. The smallest absolute Gasteiger partial charge is 0.488 e. The number of nitrogens with zero attached hydrogens (tertiary/aromatic N) is 2. The van der Waals surface area contributed by atoms with E-state index >= 15 is 0 Å². The van der Waals surface area contributed by atoms with Crippen molar-refractivity contribution in [3.05, 3.63) is 121 Å². The van der Waals surface area contributed by atoms with E-state index in [1.54, 1.807) is 21.3 Å². The van der Waals surface area contributed by atoms with E-state index in [4.69, 9.17) is 24.6 Å². The average molecular weight is 807 g/mol. The van der Waals surface area contributed by atoms with Gasteiger partial charge in [0.25, 0.3) is 11.1 Å². The van der Waals surface area contributed by atoms with Crippen molar-refractivity contribution in [2.45, 2.75) is 39.1 Å². The Morgan fingerprint density at radius 1 is 0.722 bits per heavy atom. The number of aliphatic hydroxyl groups is 2. The molecule has 4 heterocycles. The lowest BCUT2D eigenvalue weighted by molar-refractivity contribution is 0.241. The van der Waals surface area contributed by atoms with Gasteiger partial charge < -0.3 is 39.9 Å². The van der Waals surface area contributed by atoms with Crippen molar-refractivity contribution in [2.75, 3.05) is 13.2 Å². The quantitative estimate of drug-likeness (QED) is 0.140. The highest BCUT2D eigenvalue weighted by Gasteiger charge is 2.28. The predicted molar refractivity (Wildman–Crippen MR) is 201 cm³/mol. The first-order chi connectivity index (χ1) is 25.7. The van der Waals surface area contributed by atoms with Crippen molar-refractivity contribution in [2.24, 2.45) is 0 Å². The Labute approximate surface area is 314 Å². The zero-order valence-corrected chi connectivity index (χ0v) is 30.4. The number of hydrogen-bond acceptors (Lipinski definition) is 10. The van der Waals surface area contributed by atoms with Crippen LogP contribution < -0.4 is 26.1 Å². The van der Waals surface area contributed by atoms with Crippen LogP contribution in [-0.4, -0.2) is 59.9 Å². The van der Waals surface area contributed by atoms with Gasteiger partial charge in [0.05, 0.1) is 46.4 Å². The van der Waals surface area contributed by atoms with Gasteiger partial charge >= 0.3 is 7.12 Å². The molecule has 6 N–H and O–H groups in total. The lowest BCUT2D eigenvalue weighted by Gasteiger charge is -2.28. The summed E-state index contributed by atoms with van der Waals surface area (Å²) in [6.45, 7) is 3.59. The zero-order chi connectivity index (χ0) is 39.0. The molecule has 0 radical (unpaired) electrons. The highest BCUT2D eigenvalue weighted by molar-refractivity contribution is 9.10. The van der Waals surface area contributed by atoms with Crippen molar-refractivity contribution in [1.29, 1.82) is 0 Å². The molecule has 6 aromatic rings. The van der Waals surface area contributed by atoms with Gasteiger partial charge in [0, 0.05) is 22.9 Å². The average Bonchev–Trinajstić information content (AvgIpc) is 3.15. The Morgan fingerprint density at radius 2 is 1.17 bits per heavy atom. The van der Waals surface area contributed by atoms with Crippen LogP contribution in [0, 0.1) is 11.6 Å². The number of hydrogen-bond donors (Lipinski definition) is 6. The van der Waals surface area contributed by atoms with Gasteiger partial charge in [-0.25, -0.2) is 8.78 Å². The molecule has 0 aliphatic carbocycles. The number of phenolic OH excluding ortho intramolecular Hbond substituents is 2. The Balaban J connectivity index is 0.000000151. The summed E-state index contributed by atoms with van der Waals surface area (Å²) >= 11 is 3.14. The molecular formula is C38H34BBrF2N2O10. The lowest BCUT2D eigenvalue weighted by Crippen LogP contribution is -2.31. The van der Waals surface area contributed by atoms with Crippen LogP contribution in [0.5, 0.6) is 23.0 Å². The van der Waals surface area contributed by atoms with Crippen molar-refractivity contribution in [3.8, 4) is 34.1 Å². The minimum atomic E-state index is -1.46. The van der Waals surface area contributed by atoms with Gasteiger partial charge in [-0.15, -0.1) is 0 Å². The van der Waals surface area contributed by atoms with Gasteiger partial charge in [0.15, 0.2) is 11.5 Å². The molecule has 0 fully saturated rings. The molecule has 280 valence electrons. The SMILES string of the molecule is CC1COc2c(-c3ccc(O)cc3)c(F)cc3c(CO)cc(=O)n1c23.CC1COc2c(Br)c(F)cc3c(CO)cc(=O)n1c23.OB(O)c1ccc(O)cc1. The van der Waals surface area contributed by atoms with Gasteiger partial charge in [0.1, 0.15) is 36.3 Å². The molecule has 4 aromatic carbocycles. The second-order valence-electron chi connectivity index (χ2n) is 12.8. The Morgan fingerprint density at radius 3 is 1.65 bits per heavy atom. The molecule has 0 bridgehead atoms.